The van der Waals surface area contributed by atoms with Gasteiger partial charge in [-0.25, -0.2) is 4.39 Å². The molecule has 0 amide bonds. The number of aromatic nitrogens is 3. The molecule has 0 unspecified atom stereocenters. The van der Waals surface area contributed by atoms with Crippen LogP contribution in [0.25, 0.3) is 17.2 Å². The maximum Gasteiger partial charge on any atom is 0.294 e. The SMILES string of the molecule is C=C(c1ccc(F)cc1)N(/C(C#Cc1nnc(-c2cc[nH]c(=O)c2)o1)=N\N)c1ccccc1Cl. The van der Waals surface area contributed by atoms with E-state index in [4.69, 9.17) is 21.9 Å². The first-order valence-corrected chi connectivity index (χ1v) is 10.2. The molecule has 0 saturated carbocycles. The third-order valence-corrected chi connectivity index (χ3v) is 4.92. The van der Waals surface area contributed by atoms with E-state index in [1.54, 1.807) is 42.5 Å². The Labute approximate surface area is 198 Å². The van der Waals surface area contributed by atoms with Gasteiger partial charge >= 0.3 is 0 Å². The van der Waals surface area contributed by atoms with Crippen LogP contribution in [0.15, 0.2) is 87.8 Å². The molecule has 4 rings (SSSR count). The molecule has 2 aromatic heterocycles. The molecule has 0 fully saturated rings. The summed E-state index contributed by atoms with van der Waals surface area (Å²) in [6.07, 6.45) is 1.47. The summed E-state index contributed by atoms with van der Waals surface area (Å²) in [5.41, 5.74) is 1.64. The standard InChI is InChI=1S/C24H16ClFN6O2/c1-15(16-6-8-18(26)9-7-16)32(20-5-3-2-4-19(20)25)21(29-27)10-11-23-30-31-24(34-23)17-12-13-28-22(33)14-17/h2-9,12-14H,1,27H2,(H,28,33)/b29-21-. The van der Waals surface area contributed by atoms with Crippen molar-refractivity contribution in [2.24, 2.45) is 10.9 Å². The van der Waals surface area contributed by atoms with E-state index >= 15 is 0 Å². The van der Waals surface area contributed by atoms with Gasteiger partial charge in [-0.15, -0.1) is 5.10 Å². The number of hydrazone groups is 1. The highest BCUT2D eigenvalue weighted by Gasteiger charge is 2.20. The first kappa shape index (κ1) is 22.5. The predicted molar refractivity (Wildman–Crippen MR) is 128 cm³/mol. The van der Waals surface area contributed by atoms with Crippen LogP contribution in [0.5, 0.6) is 0 Å². The number of nitrogens with two attached hydrogens (primary N) is 1. The number of pyridine rings is 1. The molecular weight excluding hydrogens is 459 g/mol. The molecule has 0 spiro atoms. The van der Waals surface area contributed by atoms with Crippen LogP contribution in [0.4, 0.5) is 10.1 Å². The summed E-state index contributed by atoms with van der Waals surface area (Å²) in [5.74, 6) is 11.0. The third-order valence-electron chi connectivity index (χ3n) is 4.60. The molecule has 2 heterocycles. The lowest BCUT2D eigenvalue weighted by molar-refractivity contribution is 0.554. The van der Waals surface area contributed by atoms with E-state index in [1.165, 1.54) is 29.3 Å². The Hall–Kier alpha value is -4.68. The quantitative estimate of drug-likeness (QED) is 0.152. The molecule has 10 heteroatoms. The van der Waals surface area contributed by atoms with Gasteiger partial charge in [0, 0.05) is 29.4 Å². The summed E-state index contributed by atoms with van der Waals surface area (Å²) in [6, 6.07) is 15.7. The van der Waals surface area contributed by atoms with Crippen LogP contribution in [-0.2, 0) is 0 Å². The van der Waals surface area contributed by atoms with Gasteiger partial charge in [0.1, 0.15) is 5.82 Å². The van der Waals surface area contributed by atoms with Gasteiger partial charge in [0.05, 0.1) is 10.7 Å². The number of hydrogen-bond acceptors (Lipinski definition) is 6. The summed E-state index contributed by atoms with van der Waals surface area (Å²) in [5, 5.41) is 12.0. The fraction of sp³-hybridized carbons (Fsp3) is 0. The van der Waals surface area contributed by atoms with Crippen LogP contribution in [0.3, 0.4) is 0 Å². The van der Waals surface area contributed by atoms with Crippen molar-refractivity contribution in [2.45, 2.75) is 0 Å². The second-order valence-corrected chi connectivity index (χ2v) is 7.20. The van der Waals surface area contributed by atoms with Crippen molar-refractivity contribution in [3.8, 4) is 23.3 Å². The highest BCUT2D eigenvalue weighted by Crippen LogP contribution is 2.32. The van der Waals surface area contributed by atoms with E-state index in [2.05, 4.69) is 38.7 Å². The number of halogens is 2. The fourth-order valence-corrected chi connectivity index (χ4v) is 3.24. The Kier molecular flexibility index (Phi) is 6.52. The van der Waals surface area contributed by atoms with Crippen LogP contribution in [0.1, 0.15) is 11.5 Å². The van der Waals surface area contributed by atoms with E-state index in [0.717, 1.165) is 0 Å². The lowest BCUT2D eigenvalue weighted by atomic mass is 10.1. The fourth-order valence-electron chi connectivity index (χ4n) is 3.02. The van der Waals surface area contributed by atoms with Crippen LogP contribution >= 0.6 is 11.6 Å². The van der Waals surface area contributed by atoms with Crippen LogP contribution in [0.2, 0.25) is 5.02 Å². The van der Waals surface area contributed by atoms with E-state index in [1.807, 2.05) is 0 Å². The number of nitrogens with zero attached hydrogens (tertiary/aromatic N) is 4. The van der Waals surface area contributed by atoms with Crippen molar-refractivity contribution in [3.63, 3.8) is 0 Å². The molecule has 34 heavy (non-hydrogen) atoms. The number of para-hydroxylation sites is 1. The number of nitrogens with one attached hydrogen (secondary N) is 1. The third kappa shape index (κ3) is 4.87. The number of amidine groups is 1. The first-order chi connectivity index (χ1) is 16.5. The van der Waals surface area contributed by atoms with Crippen molar-refractivity contribution in [2.75, 3.05) is 4.90 Å². The Morgan fingerprint density at radius 2 is 1.94 bits per heavy atom. The normalized spacial score (nSPS) is 10.9. The van der Waals surface area contributed by atoms with Crippen LogP contribution < -0.4 is 16.3 Å². The lowest BCUT2D eigenvalue weighted by Gasteiger charge is -2.26. The van der Waals surface area contributed by atoms with Crippen molar-refractivity contribution >= 4 is 28.8 Å². The zero-order valence-corrected chi connectivity index (χ0v) is 18.3. The van der Waals surface area contributed by atoms with Crippen molar-refractivity contribution in [1.82, 2.24) is 15.2 Å². The number of benzene rings is 2. The zero-order valence-electron chi connectivity index (χ0n) is 17.5. The summed E-state index contributed by atoms with van der Waals surface area (Å²) in [4.78, 5) is 15.6. The van der Waals surface area contributed by atoms with E-state index < -0.39 is 0 Å². The molecule has 0 aliphatic rings. The maximum absolute atomic E-state index is 13.4. The van der Waals surface area contributed by atoms with Gasteiger partial charge in [0.2, 0.25) is 17.3 Å². The largest absolute Gasteiger partial charge is 0.410 e. The Morgan fingerprint density at radius 3 is 2.65 bits per heavy atom. The average Bonchev–Trinajstić information content (AvgIpc) is 3.32. The Morgan fingerprint density at radius 1 is 1.18 bits per heavy atom. The first-order valence-electron chi connectivity index (χ1n) is 9.78. The van der Waals surface area contributed by atoms with Gasteiger partial charge in [-0.2, -0.15) is 5.10 Å². The number of anilines is 1. The van der Waals surface area contributed by atoms with Gasteiger partial charge in [-0.1, -0.05) is 35.4 Å². The molecule has 168 valence electrons. The van der Waals surface area contributed by atoms with Gasteiger partial charge in [-0.3, -0.25) is 9.69 Å². The molecule has 3 N–H and O–H groups in total. The molecule has 0 radical (unpaired) electrons. The van der Waals surface area contributed by atoms with Gasteiger partial charge in [0.15, 0.2) is 0 Å². The van der Waals surface area contributed by atoms with E-state index in [0.29, 0.717) is 27.5 Å². The van der Waals surface area contributed by atoms with Gasteiger partial charge < -0.3 is 15.2 Å². The highest BCUT2D eigenvalue weighted by atomic mass is 35.5. The van der Waals surface area contributed by atoms with E-state index in [9.17, 15) is 9.18 Å². The van der Waals surface area contributed by atoms with E-state index in [-0.39, 0.29) is 29.0 Å². The smallest absolute Gasteiger partial charge is 0.294 e. The molecule has 0 atom stereocenters. The van der Waals surface area contributed by atoms with Gasteiger partial charge in [0.25, 0.3) is 5.89 Å². The average molecular weight is 475 g/mol. The summed E-state index contributed by atoms with van der Waals surface area (Å²) < 4.78 is 19.0. The van der Waals surface area contributed by atoms with Crippen molar-refractivity contribution in [1.29, 1.82) is 0 Å². The van der Waals surface area contributed by atoms with Crippen LogP contribution in [0, 0.1) is 17.7 Å². The number of H-pyrrole nitrogens is 1. The zero-order chi connectivity index (χ0) is 24.1. The second kappa shape index (κ2) is 9.85. The van der Waals surface area contributed by atoms with Gasteiger partial charge in [-0.05, 0) is 53.9 Å². The monoisotopic (exact) mass is 474 g/mol. The predicted octanol–water partition coefficient (Wildman–Crippen LogP) is 4.02. The molecule has 0 aliphatic carbocycles. The summed E-state index contributed by atoms with van der Waals surface area (Å²) in [7, 11) is 0. The molecule has 8 nitrogen and oxygen atoms in total. The number of hydrogen-bond donors (Lipinski definition) is 2. The van der Waals surface area contributed by atoms with Crippen molar-refractivity contribution < 1.29 is 8.81 Å². The molecule has 0 saturated heterocycles. The minimum Gasteiger partial charge on any atom is -0.410 e. The second-order valence-electron chi connectivity index (χ2n) is 6.80. The molecule has 2 aromatic carbocycles. The molecular formula is C24H16ClFN6O2. The Balaban J connectivity index is 1.71. The molecule has 4 aromatic rings. The van der Waals surface area contributed by atoms with Crippen molar-refractivity contribution in [3.05, 3.63) is 106 Å². The molecule has 0 bridgehead atoms. The number of rotatable bonds is 4. The lowest BCUT2D eigenvalue weighted by Crippen LogP contribution is -2.29. The topological polar surface area (TPSA) is 113 Å². The number of aromatic amines is 1. The highest BCUT2D eigenvalue weighted by molar-refractivity contribution is 6.35. The minimum atomic E-state index is -0.388. The summed E-state index contributed by atoms with van der Waals surface area (Å²) in [6.45, 7) is 4.11. The Bertz CT molecular complexity index is 1500. The molecule has 0 aliphatic heterocycles. The minimum absolute atomic E-state index is 0.0251. The van der Waals surface area contributed by atoms with Crippen LogP contribution in [-0.4, -0.2) is 21.0 Å². The maximum atomic E-state index is 13.4. The summed E-state index contributed by atoms with van der Waals surface area (Å²) >= 11 is 6.42.